The first kappa shape index (κ1) is 15.2. The van der Waals surface area contributed by atoms with Crippen molar-refractivity contribution >= 4 is 35.0 Å². The van der Waals surface area contributed by atoms with Crippen molar-refractivity contribution in [2.24, 2.45) is 0 Å². The highest BCUT2D eigenvalue weighted by Crippen LogP contribution is 2.18. The Hall–Kier alpha value is -0.870. The van der Waals surface area contributed by atoms with E-state index in [0.717, 1.165) is 17.9 Å². The maximum Gasteiger partial charge on any atom is 0.253 e. The number of hydrogen-bond donors (Lipinski definition) is 2. The molecule has 0 radical (unpaired) electrons. The van der Waals surface area contributed by atoms with Gasteiger partial charge in [-0.2, -0.15) is 11.8 Å². The molecule has 1 atom stereocenters. The Morgan fingerprint density at radius 3 is 2.94 bits per heavy atom. The van der Waals surface area contributed by atoms with Crippen molar-refractivity contribution in [3.8, 4) is 0 Å². The first-order valence-corrected chi connectivity index (χ1v) is 7.51. The lowest BCUT2D eigenvalue weighted by atomic mass is 10.1. The summed E-state index contributed by atoms with van der Waals surface area (Å²) >= 11 is 7.73. The zero-order chi connectivity index (χ0) is 13.5. The van der Waals surface area contributed by atoms with Gasteiger partial charge in [-0.1, -0.05) is 18.5 Å². The van der Waals surface area contributed by atoms with Gasteiger partial charge in [-0.25, -0.2) is 0 Å². The van der Waals surface area contributed by atoms with Crippen LogP contribution in [0.15, 0.2) is 18.2 Å². The van der Waals surface area contributed by atoms with Crippen molar-refractivity contribution in [3.63, 3.8) is 0 Å². The highest BCUT2D eigenvalue weighted by molar-refractivity contribution is 7.99. The maximum atomic E-state index is 12.0. The minimum absolute atomic E-state index is 0.134. The number of carbonyl (C=O) groups excluding carboxylic acids is 1. The number of nitrogens with one attached hydrogen (secondary N) is 1. The van der Waals surface area contributed by atoms with Crippen LogP contribution in [-0.4, -0.2) is 23.5 Å². The number of amides is 1. The fourth-order valence-corrected chi connectivity index (χ4v) is 2.48. The molecule has 0 saturated heterocycles. The first-order chi connectivity index (χ1) is 8.54. The van der Waals surface area contributed by atoms with Crippen LogP contribution in [0.3, 0.4) is 0 Å². The summed E-state index contributed by atoms with van der Waals surface area (Å²) in [4.78, 5) is 12.0. The molecule has 1 aromatic carbocycles. The molecule has 1 amide bonds. The molecule has 5 heteroatoms. The molecule has 1 rings (SSSR count). The van der Waals surface area contributed by atoms with Crippen molar-refractivity contribution in [3.05, 3.63) is 28.8 Å². The zero-order valence-corrected chi connectivity index (χ0v) is 12.3. The molecule has 0 bridgehead atoms. The number of thioether (sulfide) groups is 1. The van der Waals surface area contributed by atoms with Gasteiger partial charge in [0.05, 0.1) is 5.56 Å². The normalized spacial score (nSPS) is 12.2. The molecule has 0 heterocycles. The molecule has 18 heavy (non-hydrogen) atoms. The predicted octanol–water partition coefficient (Wildman–Crippen LogP) is 3.18. The van der Waals surface area contributed by atoms with E-state index in [2.05, 4.69) is 12.2 Å². The van der Waals surface area contributed by atoms with Crippen LogP contribution >= 0.6 is 23.4 Å². The Morgan fingerprint density at radius 1 is 1.56 bits per heavy atom. The maximum absolute atomic E-state index is 12.0. The van der Waals surface area contributed by atoms with Crippen LogP contribution in [-0.2, 0) is 0 Å². The number of rotatable bonds is 6. The smallest absolute Gasteiger partial charge is 0.253 e. The molecule has 0 fully saturated rings. The van der Waals surface area contributed by atoms with E-state index in [-0.39, 0.29) is 11.9 Å². The molecule has 1 aromatic rings. The number of halogens is 1. The Balaban J connectivity index is 2.56. The lowest BCUT2D eigenvalue weighted by Gasteiger charge is -2.14. The number of anilines is 1. The number of hydrogen-bond acceptors (Lipinski definition) is 3. The van der Waals surface area contributed by atoms with Gasteiger partial charge in [0.1, 0.15) is 0 Å². The average molecular weight is 287 g/mol. The fraction of sp³-hybridized carbons (Fsp3) is 0.462. The number of carbonyl (C=O) groups is 1. The second kappa shape index (κ2) is 7.54. The summed E-state index contributed by atoms with van der Waals surface area (Å²) in [6.45, 7) is 4.12. The molecule has 0 aromatic heterocycles. The Kier molecular flexibility index (Phi) is 6.36. The van der Waals surface area contributed by atoms with E-state index in [1.807, 2.05) is 18.7 Å². The third-order valence-electron chi connectivity index (χ3n) is 2.54. The molecule has 0 aliphatic carbocycles. The summed E-state index contributed by atoms with van der Waals surface area (Å²) in [7, 11) is 0. The summed E-state index contributed by atoms with van der Waals surface area (Å²) in [5.74, 6) is 1.98. The van der Waals surface area contributed by atoms with Crippen LogP contribution in [0.4, 0.5) is 5.69 Å². The van der Waals surface area contributed by atoms with Gasteiger partial charge in [-0.05, 0) is 43.0 Å². The van der Waals surface area contributed by atoms with Crippen LogP contribution < -0.4 is 11.1 Å². The standard InChI is InChI=1S/C13H19ClN2OS/c1-3-18-7-6-9(2)16-13(17)11-8-10(14)4-5-12(11)15/h4-5,8-9H,3,6-7,15H2,1-2H3,(H,16,17). The molecule has 100 valence electrons. The molecule has 0 spiro atoms. The molecule has 0 saturated carbocycles. The quantitative estimate of drug-likeness (QED) is 0.624. The van der Waals surface area contributed by atoms with Gasteiger partial charge in [0, 0.05) is 16.8 Å². The van der Waals surface area contributed by atoms with Crippen LogP contribution in [0.25, 0.3) is 0 Å². The summed E-state index contributed by atoms with van der Waals surface area (Å²) in [5, 5.41) is 3.45. The third kappa shape index (κ3) is 4.78. The highest BCUT2D eigenvalue weighted by atomic mass is 35.5. The second-order valence-corrected chi connectivity index (χ2v) is 5.92. The van der Waals surface area contributed by atoms with E-state index in [1.165, 1.54) is 0 Å². The van der Waals surface area contributed by atoms with E-state index < -0.39 is 0 Å². The van der Waals surface area contributed by atoms with Crippen molar-refractivity contribution < 1.29 is 4.79 Å². The number of nitrogen functional groups attached to an aromatic ring is 1. The summed E-state index contributed by atoms with van der Waals surface area (Å²) in [6.07, 6.45) is 0.949. The van der Waals surface area contributed by atoms with Crippen molar-refractivity contribution in [1.82, 2.24) is 5.32 Å². The van der Waals surface area contributed by atoms with Gasteiger partial charge in [-0.3, -0.25) is 4.79 Å². The SMILES string of the molecule is CCSCCC(C)NC(=O)c1cc(Cl)ccc1N. The molecule has 3 N–H and O–H groups in total. The molecule has 0 aliphatic heterocycles. The van der Waals surface area contributed by atoms with Gasteiger partial charge in [0.15, 0.2) is 0 Å². The monoisotopic (exact) mass is 286 g/mol. The fourth-order valence-electron chi connectivity index (χ4n) is 1.50. The van der Waals surface area contributed by atoms with E-state index >= 15 is 0 Å². The van der Waals surface area contributed by atoms with Crippen molar-refractivity contribution in [2.75, 3.05) is 17.2 Å². The van der Waals surface area contributed by atoms with E-state index in [0.29, 0.717) is 16.3 Å². The molecule has 0 aliphatic rings. The average Bonchev–Trinajstić information content (AvgIpc) is 2.32. The summed E-state index contributed by atoms with van der Waals surface area (Å²) in [5.41, 5.74) is 6.66. The van der Waals surface area contributed by atoms with Gasteiger partial charge >= 0.3 is 0 Å². The Bertz CT molecular complexity index is 412. The van der Waals surface area contributed by atoms with Gasteiger partial charge in [0.2, 0.25) is 0 Å². The predicted molar refractivity (Wildman–Crippen MR) is 80.4 cm³/mol. The van der Waals surface area contributed by atoms with Gasteiger partial charge in [0.25, 0.3) is 5.91 Å². The lowest BCUT2D eigenvalue weighted by Crippen LogP contribution is -2.33. The van der Waals surface area contributed by atoms with Crippen LogP contribution in [0, 0.1) is 0 Å². The minimum Gasteiger partial charge on any atom is -0.398 e. The van der Waals surface area contributed by atoms with Gasteiger partial charge < -0.3 is 11.1 Å². The largest absolute Gasteiger partial charge is 0.398 e. The van der Waals surface area contributed by atoms with Crippen LogP contribution in [0.1, 0.15) is 30.6 Å². The summed E-state index contributed by atoms with van der Waals surface area (Å²) in [6, 6.07) is 5.05. The third-order valence-corrected chi connectivity index (χ3v) is 3.70. The highest BCUT2D eigenvalue weighted by Gasteiger charge is 2.12. The molecular formula is C13H19ClN2OS. The van der Waals surface area contributed by atoms with E-state index in [9.17, 15) is 4.79 Å². The Labute approximate surface area is 117 Å². The van der Waals surface area contributed by atoms with Crippen molar-refractivity contribution in [2.45, 2.75) is 26.3 Å². The minimum atomic E-state index is -0.163. The number of benzene rings is 1. The van der Waals surface area contributed by atoms with Crippen molar-refractivity contribution in [1.29, 1.82) is 0 Å². The number of nitrogens with two attached hydrogens (primary N) is 1. The van der Waals surface area contributed by atoms with Crippen LogP contribution in [0.5, 0.6) is 0 Å². The Morgan fingerprint density at radius 2 is 2.28 bits per heavy atom. The molecule has 3 nitrogen and oxygen atoms in total. The summed E-state index contributed by atoms with van der Waals surface area (Å²) < 4.78 is 0. The first-order valence-electron chi connectivity index (χ1n) is 5.98. The topological polar surface area (TPSA) is 55.1 Å². The second-order valence-electron chi connectivity index (χ2n) is 4.09. The van der Waals surface area contributed by atoms with Gasteiger partial charge in [-0.15, -0.1) is 0 Å². The zero-order valence-electron chi connectivity index (χ0n) is 10.7. The lowest BCUT2D eigenvalue weighted by molar-refractivity contribution is 0.0940. The van der Waals surface area contributed by atoms with E-state index in [4.69, 9.17) is 17.3 Å². The molecule has 1 unspecified atom stereocenters. The molecular weight excluding hydrogens is 268 g/mol. The van der Waals surface area contributed by atoms with E-state index in [1.54, 1.807) is 18.2 Å². The van der Waals surface area contributed by atoms with Crippen LogP contribution in [0.2, 0.25) is 5.02 Å².